The maximum Gasteiger partial charge on any atom is 0.269 e. The third-order valence-electron chi connectivity index (χ3n) is 3.40. The highest BCUT2D eigenvalue weighted by molar-refractivity contribution is 7.80. The second-order valence-electron chi connectivity index (χ2n) is 5.60. The summed E-state index contributed by atoms with van der Waals surface area (Å²) in [7, 11) is 0. The number of carbonyl (C=O) groups excluding carboxylic acids is 2. The Morgan fingerprint density at radius 1 is 1.00 bits per heavy atom. The molecule has 0 atom stereocenters. The molecular formula is C19H21N3O3S. The molecule has 0 aliphatic rings. The van der Waals surface area contributed by atoms with Gasteiger partial charge in [-0.15, -0.1) is 0 Å². The molecule has 0 saturated heterocycles. The highest BCUT2D eigenvalue weighted by Crippen LogP contribution is 2.13. The number of benzene rings is 2. The molecule has 3 N–H and O–H groups in total. The number of hydrogen-bond acceptors (Lipinski definition) is 4. The van der Waals surface area contributed by atoms with Gasteiger partial charge in [-0.2, -0.15) is 0 Å². The minimum Gasteiger partial charge on any atom is -0.494 e. The summed E-state index contributed by atoms with van der Waals surface area (Å²) in [5.41, 5.74) is 6.91. The van der Waals surface area contributed by atoms with Gasteiger partial charge in [0.2, 0.25) is 0 Å². The molecule has 2 rings (SSSR count). The molecule has 0 aromatic heterocycles. The molecule has 0 unspecified atom stereocenters. The molecule has 0 aliphatic carbocycles. The number of aryl methyl sites for hydroxylation is 1. The second-order valence-corrected chi connectivity index (χ2v) is 6.01. The quantitative estimate of drug-likeness (QED) is 0.556. The zero-order chi connectivity index (χ0) is 18.9. The zero-order valence-corrected chi connectivity index (χ0v) is 15.5. The molecule has 0 fully saturated rings. The third-order valence-corrected chi connectivity index (χ3v) is 3.60. The van der Waals surface area contributed by atoms with Crippen LogP contribution in [0.4, 0.5) is 0 Å². The van der Waals surface area contributed by atoms with Gasteiger partial charge in [-0.25, -0.2) is 0 Å². The number of nitrogens with one attached hydrogen (secondary N) is 3. The van der Waals surface area contributed by atoms with Crippen molar-refractivity contribution >= 4 is 29.1 Å². The van der Waals surface area contributed by atoms with Crippen molar-refractivity contribution in [3.8, 4) is 5.75 Å². The minimum atomic E-state index is -0.394. The van der Waals surface area contributed by atoms with Crippen LogP contribution < -0.4 is 20.9 Å². The van der Waals surface area contributed by atoms with Gasteiger partial charge in [0.05, 0.1) is 6.61 Å². The van der Waals surface area contributed by atoms with Crippen LogP contribution in [0.1, 0.15) is 39.6 Å². The highest BCUT2D eigenvalue weighted by atomic mass is 32.1. The van der Waals surface area contributed by atoms with Crippen molar-refractivity contribution in [3.05, 3.63) is 65.2 Å². The number of rotatable bonds is 5. The van der Waals surface area contributed by atoms with Crippen molar-refractivity contribution in [3.63, 3.8) is 0 Å². The molecule has 136 valence electrons. The predicted molar refractivity (Wildman–Crippen MR) is 104 cm³/mol. The van der Waals surface area contributed by atoms with Gasteiger partial charge < -0.3 is 4.74 Å². The normalized spacial score (nSPS) is 9.92. The number of hydrazine groups is 1. The summed E-state index contributed by atoms with van der Waals surface area (Å²) in [5.74, 6) is -0.128. The Morgan fingerprint density at radius 2 is 1.73 bits per heavy atom. The fraction of sp³-hybridized carbons (Fsp3) is 0.211. The molecule has 7 heteroatoms. The fourth-order valence-electron chi connectivity index (χ4n) is 2.04. The van der Waals surface area contributed by atoms with Crippen molar-refractivity contribution in [1.82, 2.24) is 16.2 Å². The van der Waals surface area contributed by atoms with Crippen LogP contribution in [0.5, 0.6) is 5.75 Å². The lowest BCUT2D eigenvalue weighted by Crippen LogP contribution is -2.48. The van der Waals surface area contributed by atoms with Crippen molar-refractivity contribution in [2.45, 2.75) is 20.3 Å². The van der Waals surface area contributed by atoms with E-state index in [-0.39, 0.29) is 11.0 Å². The molecule has 0 radical (unpaired) electrons. The zero-order valence-electron chi connectivity index (χ0n) is 14.7. The van der Waals surface area contributed by atoms with E-state index in [1.165, 1.54) is 0 Å². The molecule has 2 amide bonds. The van der Waals surface area contributed by atoms with Crippen LogP contribution in [0, 0.1) is 6.92 Å². The van der Waals surface area contributed by atoms with Crippen LogP contribution in [0.25, 0.3) is 0 Å². The average molecular weight is 371 g/mol. The number of carbonyl (C=O) groups is 2. The van der Waals surface area contributed by atoms with Crippen molar-refractivity contribution in [1.29, 1.82) is 0 Å². The monoisotopic (exact) mass is 371 g/mol. The number of hydrogen-bond donors (Lipinski definition) is 3. The van der Waals surface area contributed by atoms with Crippen LogP contribution in [0.3, 0.4) is 0 Å². The van der Waals surface area contributed by atoms with E-state index < -0.39 is 5.91 Å². The van der Waals surface area contributed by atoms with Gasteiger partial charge in [0, 0.05) is 11.1 Å². The summed E-state index contributed by atoms with van der Waals surface area (Å²) in [6.07, 6.45) is 0.880. The molecule has 2 aromatic rings. The number of ether oxygens (including phenoxy) is 1. The number of thiocarbonyl (C=S) groups is 1. The van der Waals surface area contributed by atoms with Crippen LogP contribution in [0.2, 0.25) is 0 Å². The summed E-state index contributed by atoms with van der Waals surface area (Å²) in [5, 5.41) is 2.50. The van der Waals surface area contributed by atoms with Gasteiger partial charge in [0.25, 0.3) is 11.8 Å². The van der Waals surface area contributed by atoms with Crippen LogP contribution in [0.15, 0.2) is 48.5 Å². The first-order valence-electron chi connectivity index (χ1n) is 8.21. The first-order valence-corrected chi connectivity index (χ1v) is 8.61. The first-order chi connectivity index (χ1) is 12.5. The molecular weight excluding hydrogens is 350 g/mol. The lowest BCUT2D eigenvalue weighted by atomic mass is 10.1. The molecule has 0 bridgehead atoms. The Bertz CT molecular complexity index is 791. The van der Waals surface area contributed by atoms with Gasteiger partial charge in [-0.05, 0) is 55.9 Å². The summed E-state index contributed by atoms with van der Waals surface area (Å²) in [6.45, 7) is 4.52. The van der Waals surface area contributed by atoms with Gasteiger partial charge in [0.1, 0.15) is 5.75 Å². The van der Waals surface area contributed by atoms with Gasteiger partial charge >= 0.3 is 0 Å². The van der Waals surface area contributed by atoms with E-state index in [4.69, 9.17) is 17.0 Å². The Hall–Kier alpha value is -2.93. The smallest absolute Gasteiger partial charge is 0.269 e. The van der Waals surface area contributed by atoms with Crippen LogP contribution >= 0.6 is 12.2 Å². The van der Waals surface area contributed by atoms with E-state index in [1.807, 2.05) is 26.0 Å². The molecule has 0 spiro atoms. The summed E-state index contributed by atoms with van der Waals surface area (Å²) in [4.78, 5) is 24.2. The van der Waals surface area contributed by atoms with Crippen molar-refractivity contribution in [2.75, 3.05) is 6.61 Å². The van der Waals surface area contributed by atoms with E-state index in [9.17, 15) is 9.59 Å². The Labute approximate surface area is 157 Å². The van der Waals surface area contributed by atoms with Crippen LogP contribution in [-0.4, -0.2) is 23.5 Å². The largest absolute Gasteiger partial charge is 0.494 e. The SMILES string of the molecule is CCCOc1cccc(C(=O)NC(=S)NNC(=O)c2ccc(C)cc2)c1. The lowest BCUT2D eigenvalue weighted by molar-refractivity contribution is 0.0934. The highest BCUT2D eigenvalue weighted by Gasteiger charge is 2.10. The molecule has 0 heterocycles. The minimum absolute atomic E-state index is 0.00431. The standard InChI is InChI=1S/C19H21N3O3S/c1-3-11-25-16-6-4-5-15(12-16)17(23)20-19(26)22-21-18(24)14-9-7-13(2)8-10-14/h4-10,12H,3,11H2,1-2H3,(H,21,24)(H2,20,22,23,26). The second kappa shape index (κ2) is 9.53. The van der Waals surface area contributed by atoms with Gasteiger partial charge in [0.15, 0.2) is 5.11 Å². The summed E-state index contributed by atoms with van der Waals surface area (Å²) >= 11 is 5.03. The Morgan fingerprint density at radius 3 is 2.42 bits per heavy atom. The molecule has 0 aliphatic heterocycles. The summed E-state index contributed by atoms with van der Waals surface area (Å²) < 4.78 is 5.50. The maximum absolute atomic E-state index is 12.2. The van der Waals surface area contributed by atoms with Crippen LogP contribution in [-0.2, 0) is 0 Å². The fourth-order valence-corrected chi connectivity index (χ4v) is 2.19. The summed E-state index contributed by atoms with van der Waals surface area (Å²) in [6, 6.07) is 13.9. The average Bonchev–Trinajstić information content (AvgIpc) is 2.65. The molecule has 6 nitrogen and oxygen atoms in total. The van der Waals surface area contributed by atoms with E-state index in [0.29, 0.717) is 23.5 Å². The van der Waals surface area contributed by atoms with Gasteiger partial charge in [-0.1, -0.05) is 30.7 Å². The van der Waals surface area contributed by atoms with Crippen molar-refractivity contribution < 1.29 is 14.3 Å². The van der Waals surface area contributed by atoms with Crippen molar-refractivity contribution in [2.24, 2.45) is 0 Å². The Balaban J connectivity index is 1.86. The lowest BCUT2D eigenvalue weighted by Gasteiger charge is -2.11. The number of amides is 2. The molecule has 26 heavy (non-hydrogen) atoms. The topological polar surface area (TPSA) is 79.5 Å². The van der Waals surface area contributed by atoms with Gasteiger partial charge in [-0.3, -0.25) is 25.8 Å². The molecule has 2 aromatic carbocycles. The van der Waals surface area contributed by atoms with E-state index in [0.717, 1.165) is 12.0 Å². The predicted octanol–water partition coefficient (Wildman–Crippen LogP) is 2.73. The van der Waals surface area contributed by atoms with E-state index in [2.05, 4.69) is 16.2 Å². The van der Waals surface area contributed by atoms with E-state index in [1.54, 1.807) is 36.4 Å². The Kier molecular flexibility index (Phi) is 7.11. The maximum atomic E-state index is 12.2. The third kappa shape index (κ3) is 5.86. The molecule has 0 saturated carbocycles. The first kappa shape index (κ1) is 19.4. The van der Waals surface area contributed by atoms with E-state index >= 15 is 0 Å².